The Morgan fingerprint density at radius 2 is 2.30 bits per heavy atom. The molecule has 0 bridgehead atoms. The van der Waals surface area contributed by atoms with Crippen molar-refractivity contribution in [3.8, 4) is 0 Å². The van der Waals surface area contributed by atoms with Crippen LogP contribution >= 0.6 is 0 Å². The molecule has 0 amide bonds. The molecule has 3 heteroatoms. The van der Waals surface area contributed by atoms with Crippen LogP contribution in [-0.4, -0.2) is 16.7 Å². The second-order valence-electron chi connectivity index (χ2n) is 2.75. The molecule has 0 aromatic carbocycles. The molecule has 3 nitrogen and oxygen atoms in total. The summed E-state index contributed by atoms with van der Waals surface area (Å²) in [5, 5.41) is 11.2. The summed E-state index contributed by atoms with van der Waals surface area (Å²) in [6, 6.07) is 0. The molecule has 0 spiro atoms. The van der Waals surface area contributed by atoms with E-state index in [4.69, 9.17) is 5.21 Å². The number of carbonyl (C=O) groups is 1. The van der Waals surface area contributed by atoms with Crippen LogP contribution in [0, 0.1) is 5.92 Å². The lowest BCUT2D eigenvalue weighted by molar-refractivity contribution is -0.119. The van der Waals surface area contributed by atoms with Gasteiger partial charge in [0.25, 0.3) is 0 Å². The molecule has 1 N–H and O–H groups in total. The SMILES string of the molecule is C/C(CC(=O)C1CC1)=N/O. The van der Waals surface area contributed by atoms with E-state index in [1.807, 2.05) is 0 Å². The monoisotopic (exact) mass is 141 g/mol. The van der Waals surface area contributed by atoms with Gasteiger partial charge in [0, 0.05) is 12.3 Å². The lowest BCUT2D eigenvalue weighted by Crippen LogP contribution is -2.06. The van der Waals surface area contributed by atoms with Crippen LogP contribution in [0.2, 0.25) is 0 Å². The van der Waals surface area contributed by atoms with Crippen LogP contribution in [0.4, 0.5) is 0 Å². The van der Waals surface area contributed by atoms with Gasteiger partial charge in [0.2, 0.25) is 0 Å². The van der Waals surface area contributed by atoms with E-state index in [9.17, 15) is 4.79 Å². The van der Waals surface area contributed by atoms with Gasteiger partial charge >= 0.3 is 0 Å². The summed E-state index contributed by atoms with van der Waals surface area (Å²) >= 11 is 0. The summed E-state index contributed by atoms with van der Waals surface area (Å²) in [6.45, 7) is 1.65. The van der Waals surface area contributed by atoms with Crippen molar-refractivity contribution in [2.24, 2.45) is 11.1 Å². The Labute approximate surface area is 59.7 Å². The van der Waals surface area contributed by atoms with Gasteiger partial charge in [-0.1, -0.05) is 5.16 Å². The predicted octanol–water partition coefficient (Wildman–Crippen LogP) is 1.21. The molecule has 10 heavy (non-hydrogen) atoms. The Kier molecular flexibility index (Phi) is 2.04. The number of hydrogen-bond acceptors (Lipinski definition) is 3. The van der Waals surface area contributed by atoms with E-state index in [1.165, 1.54) is 0 Å². The van der Waals surface area contributed by atoms with E-state index >= 15 is 0 Å². The number of carbonyl (C=O) groups excluding carboxylic acids is 1. The van der Waals surface area contributed by atoms with E-state index in [2.05, 4.69) is 5.16 Å². The smallest absolute Gasteiger partial charge is 0.141 e. The average Bonchev–Trinajstić information content (AvgIpc) is 2.68. The number of oxime groups is 1. The zero-order valence-electron chi connectivity index (χ0n) is 6.00. The lowest BCUT2D eigenvalue weighted by atomic mass is 10.1. The fourth-order valence-electron chi connectivity index (χ4n) is 0.837. The highest BCUT2D eigenvalue weighted by molar-refractivity contribution is 6.02. The normalized spacial score (nSPS) is 19.1. The second kappa shape index (κ2) is 2.82. The van der Waals surface area contributed by atoms with Crippen LogP contribution in [0.25, 0.3) is 0 Å². The third-order valence-corrected chi connectivity index (χ3v) is 1.63. The van der Waals surface area contributed by atoms with Crippen molar-refractivity contribution in [2.75, 3.05) is 0 Å². The molecule has 1 aliphatic rings. The summed E-state index contributed by atoms with van der Waals surface area (Å²) in [7, 11) is 0. The second-order valence-corrected chi connectivity index (χ2v) is 2.75. The van der Waals surface area contributed by atoms with Crippen molar-refractivity contribution in [2.45, 2.75) is 26.2 Å². The molecular weight excluding hydrogens is 130 g/mol. The summed E-state index contributed by atoms with van der Waals surface area (Å²) in [4.78, 5) is 11.0. The van der Waals surface area contributed by atoms with Gasteiger partial charge in [0.1, 0.15) is 5.78 Å². The molecular formula is C7H11NO2. The van der Waals surface area contributed by atoms with Crippen LogP contribution in [0.5, 0.6) is 0 Å². The average molecular weight is 141 g/mol. The Balaban J connectivity index is 2.30. The summed E-state index contributed by atoms with van der Waals surface area (Å²) in [6.07, 6.45) is 2.37. The summed E-state index contributed by atoms with van der Waals surface area (Å²) < 4.78 is 0. The van der Waals surface area contributed by atoms with Gasteiger partial charge in [-0.3, -0.25) is 4.79 Å². The van der Waals surface area contributed by atoms with Gasteiger partial charge in [-0.25, -0.2) is 0 Å². The largest absolute Gasteiger partial charge is 0.411 e. The zero-order chi connectivity index (χ0) is 7.56. The van der Waals surface area contributed by atoms with Crippen molar-refractivity contribution in [3.63, 3.8) is 0 Å². The van der Waals surface area contributed by atoms with Crippen LogP contribution in [0.15, 0.2) is 5.16 Å². The minimum atomic E-state index is 0.218. The molecule has 1 aliphatic carbocycles. The van der Waals surface area contributed by atoms with Gasteiger partial charge < -0.3 is 5.21 Å². The minimum Gasteiger partial charge on any atom is -0.411 e. The number of Topliss-reactive ketones (excluding diaryl/α,β-unsaturated/α-hetero) is 1. The van der Waals surface area contributed by atoms with E-state index < -0.39 is 0 Å². The highest BCUT2D eigenvalue weighted by Crippen LogP contribution is 2.30. The highest BCUT2D eigenvalue weighted by atomic mass is 16.4. The number of ketones is 1. The van der Waals surface area contributed by atoms with E-state index in [1.54, 1.807) is 6.92 Å². The van der Waals surface area contributed by atoms with Crippen molar-refractivity contribution >= 4 is 11.5 Å². The van der Waals surface area contributed by atoms with Gasteiger partial charge in [-0.2, -0.15) is 0 Å². The van der Waals surface area contributed by atoms with Crippen LogP contribution in [0.1, 0.15) is 26.2 Å². The maximum atomic E-state index is 11.0. The molecule has 1 fully saturated rings. The van der Waals surface area contributed by atoms with Crippen molar-refractivity contribution in [3.05, 3.63) is 0 Å². The van der Waals surface area contributed by atoms with Gasteiger partial charge in [0.05, 0.1) is 5.71 Å². The summed E-state index contributed by atoms with van der Waals surface area (Å²) in [5.74, 6) is 0.493. The zero-order valence-corrected chi connectivity index (χ0v) is 6.00. The molecule has 0 aromatic heterocycles. The fraction of sp³-hybridized carbons (Fsp3) is 0.714. The molecule has 0 saturated heterocycles. The Morgan fingerprint density at radius 3 is 2.70 bits per heavy atom. The quantitative estimate of drug-likeness (QED) is 0.365. The molecule has 0 aliphatic heterocycles. The van der Waals surface area contributed by atoms with Crippen LogP contribution < -0.4 is 0 Å². The first-order chi connectivity index (χ1) is 4.74. The third kappa shape index (κ3) is 1.83. The first kappa shape index (κ1) is 7.25. The van der Waals surface area contributed by atoms with Crippen molar-refractivity contribution in [1.29, 1.82) is 0 Å². The number of rotatable bonds is 3. The van der Waals surface area contributed by atoms with E-state index in [0.29, 0.717) is 12.1 Å². The predicted molar refractivity (Wildman–Crippen MR) is 37.2 cm³/mol. The minimum absolute atomic E-state index is 0.218. The molecule has 0 unspecified atom stereocenters. The highest BCUT2D eigenvalue weighted by Gasteiger charge is 2.29. The lowest BCUT2D eigenvalue weighted by Gasteiger charge is -1.93. The fourth-order valence-corrected chi connectivity index (χ4v) is 0.837. The summed E-state index contributed by atoms with van der Waals surface area (Å²) in [5.41, 5.74) is 0.511. The maximum Gasteiger partial charge on any atom is 0.141 e. The first-order valence-electron chi connectivity index (χ1n) is 3.44. The van der Waals surface area contributed by atoms with Gasteiger partial charge in [-0.15, -0.1) is 0 Å². The van der Waals surface area contributed by atoms with Gasteiger partial charge in [-0.05, 0) is 19.8 Å². The Hall–Kier alpha value is -0.860. The molecule has 0 radical (unpaired) electrons. The van der Waals surface area contributed by atoms with Crippen LogP contribution in [-0.2, 0) is 4.79 Å². The topological polar surface area (TPSA) is 49.7 Å². The molecule has 0 heterocycles. The molecule has 1 saturated carbocycles. The Morgan fingerprint density at radius 1 is 1.70 bits per heavy atom. The van der Waals surface area contributed by atoms with E-state index in [-0.39, 0.29) is 11.7 Å². The molecule has 1 rings (SSSR count). The van der Waals surface area contributed by atoms with Crippen molar-refractivity contribution in [1.82, 2.24) is 0 Å². The first-order valence-corrected chi connectivity index (χ1v) is 3.44. The number of nitrogens with zero attached hydrogens (tertiary/aromatic N) is 1. The standard InChI is InChI=1S/C7H11NO2/c1-5(8-10)4-7(9)6-2-3-6/h6,10H,2-4H2,1H3/b8-5-. The maximum absolute atomic E-state index is 11.0. The Bertz CT molecular complexity index is 170. The van der Waals surface area contributed by atoms with E-state index in [0.717, 1.165) is 12.8 Å². The van der Waals surface area contributed by atoms with Gasteiger partial charge in [0.15, 0.2) is 0 Å². The van der Waals surface area contributed by atoms with Crippen LogP contribution in [0.3, 0.4) is 0 Å². The molecule has 0 atom stereocenters. The molecule has 56 valence electrons. The number of hydrogen-bond donors (Lipinski definition) is 1. The van der Waals surface area contributed by atoms with Crippen molar-refractivity contribution < 1.29 is 10.0 Å². The third-order valence-electron chi connectivity index (χ3n) is 1.63. The molecule has 0 aromatic rings.